The number of carbonyl (C=O) groups is 1. The molecule has 0 bridgehead atoms. The average Bonchev–Trinajstić information content (AvgIpc) is 2.47. The molecular weight excluding hydrogens is 276 g/mol. The second-order valence-electron chi connectivity index (χ2n) is 6.72. The van der Waals surface area contributed by atoms with Crippen LogP contribution in [-0.2, 0) is 11.2 Å². The normalized spacial score (nSPS) is 22.1. The van der Waals surface area contributed by atoms with Crippen LogP contribution in [0.1, 0.15) is 31.2 Å². The Labute approximate surface area is 133 Å². The minimum atomic E-state index is -0.753. The molecular formula is C18H28N2O2. The van der Waals surface area contributed by atoms with Gasteiger partial charge in [-0.2, -0.15) is 0 Å². The largest absolute Gasteiger partial charge is 0.387 e. The lowest BCUT2D eigenvalue weighted by molar-refractivity contribution is -0.139. The maximum atomic E-state index is 12.4. The number of likely N-dealkylation sites (N-methyl/N-ethyl adjacent to an activating group) is 1. The van der Waals surface area contributed by atoms with Crippen LogP contribution < -0.4 is 0 Å². The van der Waals surface area contributed by atoms with Crippen molar-refractivity contribution in [2.75, 3.05) is 33.7 Å². The monoisotopic (exact) mass is 304 g/mol. The number of aryl methyl sites for hydroxylation is 1. The summed E-state index contributed by atoms with van der Waals surface area (Å²) in [5.74, 6) is 0.174. The van der Waals surface area contributed by atoms with Gasteiger partial charge in [0.05, 0.1) is 12.1 Å². The molecule has 0 aromatic heterocycles. The molecule has 1 fully saturated rings. The van der Waals surface area contributed by atoms with Gasteiger partial charge in [-0.3, -0.25) is 4.79 Å². The van der Waals surface area contributed by atoms with Gasteiger partial charge in [-0.1, -0.05) is 30.3 Å². The molecule has 1 amide bonds. The number of hydrogen-bond donors (Lipinski definition) is 1. The first-order valence-corrected chi connectivity index (χ1v) is 8.17. The van der Waals surface area contributed by atoms with E-state index in [4.69, 9.17) is 0 Å². The number of likely N-dealkylation sites (tertiary alicyclic amines) is 1. The summed E-state index contributed by atoms with van der Waals surface area (Å²) in [7, 11) is 3.91. The van der Waals surface area contributed by atoms with Crippen molar-refractivity contribution in [3.8, 4) is 0 Å². The molecule has 0 radical (unpaired) electrons. The van der Waals surface area contributed by atoms with E-state index in [1.54, 1.807) is 0 Å². The van der Waals surface area contributed by atoms with Gasteiger partial charge >= 0.3 is 0 Å². The topological polar surface area (TPSA) is 43.8 Å². The molecule has 22 heavy (non-hydrogen) atoms. The molecule has 1 saturated heterocycles. The SMILES string of the molecule is CN(C)C[C@]1(O)CCCN(C(=O)CCCc2ccccc2)C1. The van der Waals surface area contributed by atoms with Crippen molar-refractivity contribution in [2.45, 2.75) is 37.7 Å². The van der Waals surface area contributed by atoms with Gasteiger partial charge in [0, 0.05) is 19.5 Å². The van der Waals surface area contributed by atoms with E-state index in [-0.39, 0.29) is 5.91 Å². The first-order chi connectivity index (χ1) is 10.5. The quantitative estimate of drug-likeness (QED) is 0.873. The van der Waals surface area contributed by atoms with E-state index in [1.165, 1.54) is 5.56 Å². The molecule has 4 heteroatoms. The van der Waals surface area contributed by atoms with Crippen LogP contribution in [0, 0.1) is 0 Å². The molecule has 1 aromatic carbocycles. The molecule has 1 heterocycles. The number of hydrogen-bond acceptors (Lipinski definition) is 3. The van der Waals surface area contributed by atoms with Crippen molar-refractivity contribution >= 4 is 5.91 Å². The summed E-state index contributed by atoms with van der Waals surface area (Å²) in [6.07, 6.45) is 4.02. The molecule has 1 aromatic rings. The van der Waals surface area contributed by atoms with Gasteiger partial charge in [-0.25, -0.2) is 0 Å². The fourth-order valence-electron chi connectivity index (χ4n) is 3.29. The molecule has 4 nitrogen and oxygen atoms in total. The Hall–Kier alpha value is -1.39. The Morgan fingerprint density at radius 2 is 2.05 bits per heavy atom. The molecule has 1 aliphatic heterocycles. The fourth-order valence-corrected chi connectivity index (χ4v) is 3.29. The summed E-state index contributed by atoms with van der Waals surface area (Å²) in [5.41, 5.74) is 0.523. The van der Waals surface area contributed by atoms with E-state index < -0.39 is 5.60 Å². The molecule has 122 valence electrons. The highest BCUT2D eigenvalue weighted by atomic mass is 16.3. The molecule has 1 N–H and O–H groups in total. The number of carbonyl (C=O) groups excluding carboxylic acids is 1. The highest BCUT2D eigenvalue weighted by molar-refractivity contribution is 5.76. The van der Waals surface area contributed by atoms with E-state index in [0.29, 0.717) is 19.5 Å². The lowest BCUT2D eigenvalue weighted by Crippen LogP contribution is -2.54. The van der Waals surface area contributed by atoms with Crippen molar-refractivity contribution in [3.05, 3.63) is 35.9 Å². The van der Waals surface area contributed by atoms with Gasteiger partial charge < -0.3 is 14.9 Å². The summed E-state index contributed by atoms with van der Waals surface area (Å²) in [6, 6.07) is 10.3. The Balaban J connectivity index is 1.79. The van der Waals surface area contributed by atoms with Gasteiger partial charge in [0.15, 0.2) is 0 Å². The predicted octanol–water partition coefficient (Wildman–Crippen LogP) is 1.92. The predicted molar refractivity (Wildman–Crippen MR) is 88.7 cm³/mol. The third kappa shape index (κ3) is 5.11. The van der Waals surface area contributed by atoms with Crippen LogP contribution in [0.5, 0.6) is 0 Å². The van der Waals surface area contributed by atoms with Crippen molar-refractivity contribution in [1.29, 1.82) is 0 Å². The maximum absolute atomic E-state index is 12.4. The van der Waals surface area contributed by atoms with Crippen LogP contribution in [0.4, 0.5) is 0 Å². The van der Waals surface area contributed by atoms with E-state index in [0.717, 1.165) is 32.2 Å². The highest BCUT2D eigenvalue weighted by Gasteiger charge is 2.35. The van der Waals surface area contributed by atoms with Crippen molar-refractivity contribution < 1.29 is 9.90 Å². The first kappa shape index (κ1) is 17.0. The highest BCUT2D eigenvalue weighted by Crippen LogP contribution is 2.22. The summed E-state index contributed by atoms with van der Waals surface area (Å²) in [4.78, 5) is 16.2. The van der Waals surface area contributed by atoms with E-state index >= 15 is 0 Å². The smallest absolute Gasteiger partial charge is 0.222 e. The molecule has 0 aliphatic carbocycles. The summed E-state index contributed by atoms with van der Waals surface area (Å²) in [5, 5.41) is 10.6. The summed E-state index contributed by atoms with van der Waals surface area (Å²) < 4.78 is 0. The molecule has 0 saturated carbocycles. The second-order valence-corrected chi connectivity index (χ2v) is 6.72. The van der Waals surface area contributed by atoms with Gasteiger partial charge in [-0.05, 0) is 45.3 Å². The molecule has 0 unspecified atom stereocenters. The summed E-state index contributed by atoms with van der Waals surface area (Å²) >= 11 is 0. The Morgan fingerprint density at radius 1 is 1.32 bits per heavy atom. The molecule has 1 atom stereocenters. The number of benzene rings is 1. The van der Waals surface area contributed by atoms with E-state index in [1.807, 2.05) is 42.1 Å². The van der Waals surface area contributed by atoms with Crippen LogP contribution in [-0.4, -0.2) is 60.1 Å². The minimum Gasteiger partial charge on any atom is -0.387 e. The lowest BCUT2D eigenvalue weighted by atomic mass is 9.92. The Bertz CT molecular complexity index is 475. The first-order valence-electron chi connectivity index (χ1n) is 8.17. The van der Waals surface area contributed by atoms with Gasteiger partial charge in [0.1, 0.15) is 0 Å². The summed E-state index contributed by atoms with van der Waals surface area (Å²) in [6.45, 7) is 1.86. The van der Waals surface area contributed by atoms with Crippen molar-refractivity contribution in [2.24, 2.45) is 0 Å². The maximum Gasteiger partial charge on any atom is 0.222 e. The second kappa shape index (κ2) is 7.75. The van der Waals surface area contributed by atoms with Gasteiger partial charge in [-0.15, -0.1) is 0 Å². The lowest BCUT2D eigenvalue weighted by Gasteiger charge is -2.40. The number of rotatable bonds is 6. The third-order valence-corrected chi connectivity index (χ3v) is 4.22. The van der Waals surface area contributed by atoms with Gasteiger partial charge in [0.2, 0.25) is 5.91 Å². The van der Waals surface area contributed by atoms with Crippen LogP contribution in [0.25, 0.3) is 0 Å². The number of β-amino-alcohol motifs (C(OH)–C–C–N with tert-alkyl or cyclic N) is 1. The Kier molecular flexibility index (Phi) is 5.98. The van der Waals surface area contributed by atoms with E-state index in [9.17, 15) is 9.90 Å². The molecule has 0 spiro atoms. The van der Waals surface area contributed by atoms with Crippen LogP contribution in [0.2, 0.25) is 0 Å². The Morgan fingerprint density at radius 3 is 2.73 bits per heavy atom. The third-order valence-electron chi connectivity index (χ3n) is 4.22. The van der Waals surface area contributed by atoms with Crippen molar-refractivity contribution in [1.82, 2.24) is 9.80 Å². The average molecular weight is 304 g/mol. The van der Waals surface area contributed by atoms with Crippen LogP contribution in [0.3, 0.4) is 0 Å². The van der Waals surface area contributed by atoms with Gasteiger partial charge in [0.25, 0.3) is 0 Å². The van der Waals surface area contributed by atoms with Crippen LogP contribution >= 0.6 is 0 Å². The standard InChI is InChI=1S/C18H28N2O2/c1-19(2)14-18(22)12-7-13-20(15-18)17(21)11-6-10-16-8-4-3-5-9-16/h3-5,8-9,22H,6-7,10-15H2,1-2H3/t18-/m1/s1. The number of piperidine rings is 1. The van der Waals surface area contributed by atoms with E-state index in [2.05, 4.69) is 12.1 Å². The van der Waals surface area contributed by atoms with Crippen LogP contribution in [0.15, 0.2) is 30.3 Å². The zero-order valence-corrected chi connectivity index (χ0v) is 13.8. The number of aliphatic hydroxyl groups is 1. The number of amides is 1. The fraction of sp³-hybridized carbons (Fsp3) is 0.611. The zero-order chi connectivity index (χ0) is 16.0. The number of nitrogens with zero attached hydrogens (tertiary/aromatic N) is 2. The molecule has 2 rings (SSSR count). The minimum absolute atomic E-state index is 0.174. The molecule has 1 aliphatic rings. The van der Waals surface area contributed by atoms with Crippen molar-refractivity contribution in [3.63, 3.8) is 0 Å². The zero-order valence-electron chi connectivity index (χ0n) is 13.8.